The van der Waals surface area contributed by atoms with E-state index in [-0.39, 0.29) is 0 Å². The van der Waals surface area contributed by atoms with E-state index in [2.05, 4.69) is 4.74 Å². The molecule has 0 aromatic rings. The van der Waals surface area contributed by atoms with Crippen molar-refractivity contribution in [1.29, 1.82) is 0 Å². The minimum absolute atomic E-state index is 2.14. The van der Waals surface area contributed by atoms with Crippen LogP contribution >= 0.6 is 0 Å². The van der Waals surface area contributed by atoms with Crippen LogP contribution < -0.4 is 0 Å². The van der Waals surface area contributed by atoms with Crippen LogP contribution in [0.15, 0.2) is 0 Å². The van der Waals surface area contributed by atoms with Gasteiger partial charge in [-0.25, -0.2) is 17.6 Å². The lowest BCUT2D eigenvalue weighted by molar-refractivity contribution is -0.468. The van der Waals surface area contributed by atoms with Crippen molar-refractivity contribution in [1.82, 2.24) is 0 Å². The first-order chi connectivity index (χ1) is 26.6. The molecular formula is C22H6F40O. The molecule has 0 saturated heterocycles. The van der Waals surface area contributed by atoms with Gasteiger partial charge in [0.1, 0.15) is 13.2 Å². The van der Waals surface area contributed by atoms with Gasteiger partial charge in [-0.05, 0) is 0 Å². The summed E-state index contributed by atoms with van der Waals surface area (Å²) in [6.07, 6.45) is -12.9. The summed E-state index contributed by atoms with van der Waals surface area (Å²) in [5.74, 6) is -164. The first-order valence-electron chi connectivity index (χ1n) is 13.5. The average Bonchev–Trinajstić information content (AvgIpc) is 3.06. The Balaban J connectivity index is 7.08. The van der Waals surface area contributed by atoms with E-state index in [4.69, 9.17) is 0 Å². The molecular weight excluding hydrogens is 1040 g/mol. The van der Waals surface area contributed by atoms with Crippen molar-refractivity contribution in [3.8, 4) is 0 Å². The van der Waals surface area contributed by atoms with Crippen LogP contribution in [-0.4, -0.2) is 133 Å². The third-order valence-electron chi connectivity index (χ3n) is 7.60. The van der Waals surface area contributed by atoms with Gasteiger partial charge in [0.05, 0.1) is 0 Å². The topological polar surface area (TPSA) is 9.23 Å². The fraction of sp³-hybridized carbons (Fsp3) is 1.00. The van der Waals surface area contributed by atoms with Crippen molar-refractivity contribution in [2.75, 3.05) is 13.2 Å². The van der Waals surface area contributed by atoms with Gasteiger partial charge >= 0.3 is 119 Å². The van der Waals surface area contributed by atoms with Crippen molar-refractivity contribution in [2.45, 2.75) is 119 Å². The largest absolute Gasteiger partial charge is 0.385 e. The maximum atomic E-state index is 13.9. The lowest BCUT2D eigenvalue weighted by Crippen LogP contribution is -2.76. The van der Waals surface area contributed by atoms with Crippen molar-refractivity contribution in [3.63, 3.8) is 0 Å². The van der Waals surface area contributed by atoms with Gasteiger partial charge in [0, 0.05) is 0 Å². The van der Waals surface area contributed by atoms with E-state index < -0.39 is 133 Å². The summed E-state index contributed by atoms with van der Waals surface area (Å²) >= 11 is 0. The van der Waals surface area contributed by atoms with E-state index in [1.54, 1.807) is 0 Å². The van der Waals surface area contributed by atoms with Crippen molar-refractivity contribution in [3.05, 3.63) is 0 Å². The maximum absolute atomic E-state index is 13.9. The van der Waals surface area contributed by atoms with Gasteiger partial charge in [-0.2, -0.15) is 158 Å². The molecule has 0 saturated carbocycles. The Morgan fingerprint density at radius 3 is 0.476 bits per heavy atom. The number of halogens is 40. The van der Waals surface area contributed by atoms with Gasteiger partial charge in [0.2, 0.25) is 0 Å². The third-order valence-corrected chi connectivity index (χ3v) is 7.60. The molecule has 0 unspecified atom stereocenters. The Bertz CT molecular complexity index is 1480. The number of rotatable bonds is 22. The van der Waals surface area contributed by atoms with E-state index in [1.807, 2.05) is 0 Å². The van der Waals surface area contributed by atoms with E-state index in [0.717, 1.165) is 0 Å². The summed E-state index contributed by atoms with van der Waals surface area (Å²) in [5.41, 5.74) is 0. The SMILES string of the molecule is FC(F)C(F)(F)C(F)(F)C(F)(F)C(F)(F)C(F)(F)C(F)(F)C(F)(F)C(F)(F)C(F)(F)COCC(F)(F)C(F)(F)C(F)(F)C(F)(F)C(F)(F)C(F)(F)C(F)(F)C(F)(F)C(F)(F)C(F)F. The molecule has 0 aliphatic rings. The van der Waals surface area contributed by atoms with Crippen molar-refractivity contribution in [2.24, 2.45) is 0 Å². The first-order valence-corrected chi connectivity index (χ1v) is 13.5. The molecule has 0 N–H and O–H groups in total. The maximum Gasteiger partial charge on any atom is 0.385 e. The molecule has 0 atom stereocenters. The second-order valence-corrected chi connectivity index (χ2v) is 11.8. The minimum Gasteiger partial charge on any atom is -0.368 e. The molecule has 0 radical (unpaired) electrons. The Labute approximate surface area is 314 Å². The number of hydrogen-bond donors (Lipinski definition) is 0. The highest BCUT2D eigenvalue weighted by molar-refractivity contribution is 5.19. The van der Waals surface area contributed by atoms with Crippen LogP contribution in [0.25, 0.3) is 0 Å². The summed E-state index contributed by atoms with van der Waals surface area (Å²) in [7, 11) is 0. The van der Waals surface area contributed by atoms with E-state index in [0.29, 0.717) is 0 Å². The highest BCUT2D eigenvalue weighted by atomic mass is 19.4. The molecule has 0 aromatic carbocycles. The van der Waals surface area contributed by atoms with Crippen molar-refractivity contribution >= 4 is 0 Å². The molecule has 0 amide bonds. The third kappa shape index (κ3) is 7.44. The van der Waals surface area contributed by atoms with Crippen LogP contribution in [-0.2, 0) is 4.74 Å². The smallest absolute Gasteiger partial charge is 0.368 e. The Hall–Kier alpha value is -2.84. The fourth-order valence-electron chi connectivity index (χ4n) is 3.61. The van der Waals surface area contributed by atoms with Crippen LogP contribution in [0.5, 0.6) is 0 Å². The lowest BCUT2D eigenvalue weighted by atomic mass is 9.86. The summed E-state index contributed by atoms with van der Waals surface area (Å²) in [6.45, 7) is -9.77. The number of hydrogen-bond acceptors (Lipinski definition) is 1. The van der Waals surface area contributed by atoms with Crippen LogP contribution in [0.3, 0.4) is 0 Å². The van der Waals surface area contributed by atoms with Gasteiger partial charge in [-0.15, -0.1) is 0 Å². The highest BCUT2D eigenvalue weighted by Gasteiger charge is 2.99. The van der Waals surface area contributed by atoms with Gasteiger partial charge in [0.15, 0.2) is 0 Å². The van der Waals surface area contributed by atoms with E-state index in [9.17, 15) is 176 Å². The zero-order chi connectivity index (χ0) is 52.3. The summed E-state index contributed by atoms with van der Waals surface area (Å²) in [5, 5.41) is 0. The van der Waals surface area contributed by atoms with E-state index in [1.165, 1.54) is 0 Å². The number of alkyl halides is 40. The zero-order valence-corrected chi connectivity index (χ0v) is 27.1. The molecule has 1 nitrogen and oxygen atoms in total. The molecule has 0 spiro atoms. The van der Waals surface area contributed by atoms with E-state index >= 15 is 0 Å². The predicted octanol–water partition coefficient (Wildman–Crippen LogP) is 13.0. The van der Waals surface area contributed by atoms with Gasteiger partial charge in [-0.3, -0.25) is 0 Å². The summed E-state index contributed by atoms with van der Waals surface area (Å²) < 4.78 is 539. The van der Waals surface area contributed by atoms with Crippen LogP contribution in [0.1, 0.15) is 0 Å². The second-order valence-electron chi connectivity index (χ2n) is 11.8. The standard InChI is InChI=1S/C22H6F40O/c23-3(24)7(31,32)11(39,40)15(47,48)19(55,56)21(59,60)17(51,52)13(43,44)9(35,36)5(27,28)1-63-2-6(29,30)10(37,38)14(45,46)18(53,54)22(61,62)20(57,58)16(49,50)12(41,42)8(33,34)4(25)26/h3-4H,1-2H2. The van der Waals surface area contributed by atoms with Crippen molar-refractivity contribution < 1.29 is 180 Å². The Kier molecular flexibility index (Phi) is 14.7. The van der Waals surface area contributed by atoms with Crippen LogP contribution in [0.2, 0.25) is 0 Å². The monoisotopic (exact) mass is 1050 g/mol. The molecule has 41 heteroatoms. The Morgan fingerprint density at radius 1 is 0.206 bits per heavy atom. The molecule has 0 aliphatic carbocycles. The molecule has 0 rings (SSSR count). The molecule has 0 heterocycles. The highest BCUT2D eigenvalue weighted by Crippen LogP contribution is 2.68. The first kappa shape index (κ1) is 60.2. The van der Waals surface area contributed by atoms with Gasteiger partial charge in [-0.1, -0.05) is 0 Å². The van der Waals surface area contributed by atoms with Gasteiger partial charge in [0.25, 0.3) is 0 Å². The summed E-state index contributed by atoms with van der Waals surface area (Å²) in [6, 6.07) is 0. The molecule has 0 aliphatic heterocycles. The van der Waals surface area contributed by atoms with Gasteiger partial charge < -0.3 is 4.74 Å². The summed E-state index contributed by atoms with van der Waals surface area (Å²) in [4.78, 5) is 0. The predicted molar refractivity (Wildman–Crippen MR) is 112 cm³/mol. The molecule has 63 heavy (non-hydrogen) atoms. The van der Waals surface area contributed by atoms with Crippen LogP contribution in [0, 0.1) is 0 Å². The second kappa shape index (κ2) is 15.4. The minimum atomic E-state index is -9.70. The molecule has 0 bridgehead atoms. The molecule has 0 aromatic heterocycles. The average molecular weight is 1050 g/mol. The molecule has 0 fully saturated rings. The quantitative estimate of drug-likeness (QED) is 0.0982. The lowest BCUT2D eigenvalue weighted by Gasteiger charge is -2.44. The fourth-order valence-corrected chi connectivity index (χ4v) is 3.61. The zero-order valence-electron chi connectivity index (χ0n) is 27.1. The number of ether oxygens (including phenoxy) is 1. The van der Waals surface area contributed by atoms with Crippen LogP contribution in [0.4, 0.5) is 176 Å². The Morgan fingerprint density at radius 2 is 0.333 bits per heavy atom. The normalized spacial score (nSPS) is 17.0. The molecule has 380 valence electrons.